The van der Waals surface area contributed by atoms with Crippen molar-refractivity contribution in [2.45, 2.75) is 26.7 Å². The lowest BCUT2D eigenvalue weighted by Gasteiger charge is -2.09. The summed E-state index contributed by atoms with van der Waals surface area (Å²) >= 11 is 0. The Morgan fingerprint density at radius 2 is 1.95 bits per heavy atom. The Morgan fingerprint density at radius 3 is 2.63 bits per heavy atom. The minimum absolute atomic E-state index is 0.0496. The molecule has 0 aliphatic carbocycles. The van der Waals surface area contributed by atoms with Gasteiger partial charge in [0.25, 0.3) is 5.91 Å². The number of amides is 2. The molecule has 2 amide bonds. The minimum atomic E-state index is -0.201. The minimum Gasteiger partial charge on any atom is -0.398 e. The molecular weight excluding hydrogens is 242 g/mol. The molecule has 19 heavy (non-hydrogen) atoms. The summed E-state index contributed by atoms with van der Waals surface area (Å²) in [7, 11) is 0. The summed E-state index contributed by atoms with van der Waals surface area (Å²) < 4.78 is 0. The van der Waals surface area contributed by atoms with Gasteiger partial charge in [-0.05, 0) is 31.0 Å². The first-order valence-electron chi connectivity index (χ1n) is 6.46. The van der Waals surface area contributed by atoms with Crippen LogP contribution in [0, 0.1) is 6.92 Å². The molecule has 0 unspecified atom stereocenters. The summed E-state index contributed by atoms with van der Waals surface area (Å²) in [4.78, 5) is 23.3. The summed E-state index contributed by atoms with van der Waals surface area (Å²) in [5, 5.41) is 5.48. The van der Waals surface area contributed by atoms with Crippen LogP contribution in [-0.2, 0) is 4.79 Å². The van der Waals surface area contributed by atoms with E-state index in [1.54, 1.807) is 25.1 Å². The van der Waals surface area contributed by atoms with E-state index in [9.17, 15) is 9.59 Å². The molecule has 1 aromatic carbocycles. The van der Waals surface area contributed by atoms with E-state index in [0.29, 0.717) is 24.3 Å². The lowest BCUT2D eigenvalue weighted by molar-refractivity contribution is -0.120. The van der Waals surface area contributed by atoms with Crippen LogP contribution in [0.3, 0.4) is 0 Å². The maximum absolute atomic E-state index is 11.9. The molecule has 104 valence electrons. The van der Waals surface area contributed by atoms with Gasteiger partial charge in [-0.25, -0.2) is 0 Å². The highest BCUT2D eigenvalue weighted by molar-refractivity contribution is 5.97. The van der Waals surface area contributed by atoms with Gasteiger partial charge in [0.1, 0.15) is 0 Å². The molecule has 5 heteroatoms. The summed E-state index contributed by atoms with van der Waals surface area (Å²) in [6, 6.07) is 5.22. The van der Waals surface area contributed by atoms with Crippen molar-refractivity contribution in [3.05, 3.63) is 29.3 Å². The number of anilines is 1. The average molecular weight is 263 g/mol. The molecular formula is C14H21N3O2. The predicted molar refractivity (Wildman–Crippen MR) is 75.8 cm³/mol. The van der Waals surface area contributed by atoms with Gasteiger partial charge >= 0.3 is 0 Å². The zero-order chi connectivity index (χ0) is 14.3. The van der Waals surface area contributed by atoms with Crippen LogP contribution in [0.25, 0.3) is 0 Å². The molecule has 0 saturated heterocycles. The van der Waals surface area contributed by atoms with Crippen molar-refractivity contribution in [1.29, 1.82) is 0 Å². The fraction of sp³-hybridized carbons (Fsp3) is 0.429. The Kier molecular flexibility index (Phi) is 5.85. The van der Waals surface area contributed by atoms with E-state index in [1.807, 2.05) is 6.92 Å². The topological polar surface area (TPSA) is 84.2 Å². The molecule has 0 aromatic heterocycles. The molecule has 0 aliphatic rings. The van der Waals surface area contributed by atoms with Gasteiger partial charge < -0.3 is 16.4 Å². The maximum atomic E-state index is 11.9. The second-order valence-corrected chi connectivity index (χ2v) is 4.38. The predicted octanol–water partition coefficient (Wildman–Crippen LogP) is 1.22. The van der Waals surface area contributed by atoms with Crippen LogP contribution in [0.1, 0.15) is 35.7 Å². The van der Waals surface area contributed by atoms with Crippen molar-refractivity contribution in [2.24, 2.45) is 0 Å². The Morgan fingerprint density at radius 1 is 1.21 bits per heavy atom. The number of benzene rings is 1. The van der Waals surface area contributed by atoms with E-state index >= 15 is 0 Å². The standard InChI is InChI=1S/C14H21N3O2/c1-3-8-16-13(18)7-9-17-14(19)11-5-4-6-12(15)10(11)2/h4-6H,3,7-9,15H2,1-2H3,(H,16,18)(H,17,19). The van der Waals surface area contributed by atoms with Crippen molar-refractivity contribution >= 4 is 17.5 Å². The molecule has 0 aliphatic heterocycles. The normalized spacial score (nSPS) is 10.0. The molecule has 0 radical (unpaired) electrons. The van der Waals surface area contributed by atoms with Crippen LogP contribution in [0.4, 0.5) is 5.69 Å². The van der Waals surface area contributed by atoms with E-state index in [-0.39, 0.29) is 18.2 Å². The number of rotatable bonds is 6. The summed E-state index contributed by atoms with van der Waals surface area (Å²) in [6.07, 6.45) is 1.19. The fourth-order valence-corrected chi connectivity index (χ4v) is 1.64. The maximum Gasteiger partial charge on any atom is 0.251 e. The zero-order valence-electron chi connectivity index (χ0n) is 11.5. The van der Waals surface area contributed by atoms with Crippen LogP contribution in [-0.4, -0.2) is 24.9 Å². The van der Waals surface area contributed by atoms with Crippen LogP contribution in [0.5, 0.6) is 0 Å². The van der Waals surface area contributed by atoms with Crippen molar-refractivity contribution < 1.29 is 9.59 Å². The number of nitrogen functional groups attached to an aromatic ring is 1. The third-order valence-electron chi connectivity index (χ3n) is 2.83. The third-order valence-corrected chi connectivity index (χ3v) is 2.83. The first-order valence-corrected chi connectivity index (χ1v) is 6.46. The molecule has 0 atom stereocenters. The van der Waals surface area contributed by atoms with E-state index in [1.165, 1.54) is 0 Å². The molecule has 0 spiro atoms. The highest BCUT2D eigenvalue weighted by Crippen LogP contribution is 2.15. The number of nitrogens with two attached hydrogens (primary N) is 1. The quantitative estimate of drug-likeness (QED) is 0.675. The number of hydrogen-bond acceptors (Lipinski definition) is 3. The number of hydrogen-bond donors (Lipinski definition) is 3. The van der Waals surface area contributed by atoms with Gasteiger partial charge in [-0.1, -0.05) is 13.0 Å². The van der Waals surface area contributed by atoms with Crippen LogP contribution >= 0.6 is 0 Å². The number of nitrogens with one attached hydrogen (secondary N) is 2. The van der Waals surface area contributed by atoms with Gasteiger partial charge in [0.15, 0.2) is 0 Å². The van der Waals surface area contributed by atoms with E-state index in [4.69, 9.17) is 5.73 Å². The monoisotopic (exact) mass is 263 g/mol. The first-order chi connectivity index (χ1) is 9.06. The fourth-order valence-electron chi connectivity index (χ4n) is 1.64. The van der Waals surface area contributed by atoms with E-state index in [0.717, 1.165) is 12.0 Å². The smallest absolute Gasteiger partial charge is 0.251 e. The second kappa shape index (κ2) is 7.41. The Labute approximate surface area is 113 Å². The Bertz CT molecular complexity index is 458. The van der Waals surface area contributed by atoms with Gasteiger partial charge in [0.05, 0.1) is 0 Å². The van der Waals surface area contributed by atoms with Crippen molar-refractivity contribution in [3.63, 3.8) is 0 Å². The molecule has 1 aromatic rings. The highest BCUT2D eigenvalue weighted by Gasteiger charge is 2.10. The van der Waals surface area contributed by atoms with Crippen LogP contribution in [0.2, 0.25) is 0 Å². The summed E-state index contributed by atoms with van der Waals surface area (Å²) in [5.41, 5.74) is 7.65. The van der Waals surface area contributed by atoms with Gasteiger partial charge in [-0.3, -0.25) is 9.59 Å². The average Bonchev–Trinajstić information content (AvgIpc) is 2.39. The molecule has 0 saturated carbocycles. The summed E-state index contributed by atoms with van der Waals surface area (Å²) in [5.74, 6) is -0.250. The Balaban J connectivity index is 2.43. The summed E-state index contributed by atoms with van der Waals surface area (Å²) in [6.45, 7) is 4.78. The molecule has 0 heterocycles. The van der Waals surface area contributed by atoms with Crippen molar-refractivity contribution in [1.82, 2.24) is 10.6 Å². The van der Waals surface area contributed by atoms with E-state index < -0.39 is 0 Å². The first kappa shape index (κ1) is 15.0. The Hall–Kier alpha value is -2.04. The van der Waals surface area contributed by atoms with Crippen molar-refractivity contribution in [3.8, 4) is 0 Å². The largest absolute Gasteiger partial charge is 0.398 e. The lowest BCUT2D eigenvalue weighted by atomic mass is 10.1. The van der Waals surface area contributed by atoms with E-state index in [2.05, 4.69) is 10.6 Å². The van der Waals surface area contributed by atoms with Crippen molar-refractivity contribution in [2.75, 3.05) is 18.8 Å². The molecule has 4 N–H and O–H groups in total. The highest BCUT2D eigenvalue weighted by atomic mass is 16.2. The molecule has 0 fully saturated rings. The van der Waals surface area contributed by atoms with Crippen LogP contribution < -0.4 is 16.4 Å². The number of carbonyl (C=O) groups excluding carboxylic acids is 2. The molecule has 0 bridgehead atoms. The SMILES string of the molecule is CCCNC(=O)CCNC(=O)c1cccc(N)c1C. The molecule has 1 rings (SSSR count). The third kappa shape index (κ3) is 4.62. The van der Waals surface area contributed by atoms with Gasteiger partial charge in [0, 0.05) is 30.8 Å². The van der Waals surface area contributed by atoms with Gasteiger partial charge in [-0.2, -0.15) is 0 Å². The second-order valence-electron chi connectivity index (χ2n) is 4.38. The number of carbonyl (C=O) groups is 2. The zero-order valence-corrected chi connectivity index (χ0v) is 11.5. The van der Waals surface area contributed by atoms with Gasteiger partial charge in [0.2, 0.25) is 5.91 Å². The molecule has 5 nitrogen and oxygen atoms in total. The lowest BCUT2D eigenvalue weighted by Crippen LogP contribution is -2.31. The van der Waals surface area contributed by atoms with Gasteiger partial charge in [-0.15, -0.1) is 0 Å². The van der Waals surface area contributed by atoms with Crippen LogP contribution in [0.15, 0.2) is 18.2 Å².